The number of amides is 1. The van der Waals surface area contributed by atoms with Gasteiger partial charge in [0.05, 0.1) is 19.6 Å². The molecule has 172 valence electrons. The quantitative estimate of drug-likeness (QED) is 0.444. The normalized spacial score (nSPS) is 16.7. The average molecular weight is 481 g/mol. The number of methoxy groups -OCH3 is 1. The lowest BCUT2D eigenvalue weighted by Gasteiger charge is -2.42. The second-order valence-electron chi connectivity index (χ2n) is 7.82. The van der Waals surface area contributed by atoms with Crippen LogP contribution in [0.5, 0.6) is 5.75 Å². The topological polar surface area (TPSA) is 41.6 Å². The van der Waals surface area contributed by atoms with Gasteiger partial charge < -0.3 is 15.0 Å². The van der Waals surface area contributed by atoms with Gasteiger partial charge >= 0.3 is 0 Å². The number of ether oxygens (including phenoxy) is 1. The van der Waals surface area contributed by atoms with E-state index in [0.717, 1.165) is 38.9 Å². The van der Waals surface area contributed by atoms with Crippen LogP contribution in [0.2, 0.25) is 5.02 Å². The minimum Gasteiger partial charge on any atom is -0.497 e. The zero-order valence-corrected chi connectivity index (χ0v) is 20.8. The third kappa shape index (κ3) is 4.80. The summed E-state index contributed by atoms with van der Waals surface area (Å²) in [5.74, 6) is 0.968. The predicted octanol–water partition coefficient (Wildman–Crippen LogP) is 6.83. The Labute approximate surface area is 204 Å². The van der Waals surface area contributed by atoms with E-state index < -0.39 is 0 Å². The molecule has 0 fully saturated rings. The van der Waals surface area contributed by atoms with Gasteiger partial charge in [0.25, 0.3) is 0 Å². The molecule has 2 aliphatic rings. The van der Waals surface area contributed by atoms with Gasteiger partial charge in [0, 0.05) is 34.2 Å². The van der Waals surface area contributed by atoms with Gasteiger partial charge in [0.1, 0.15) is 5.75 Å². The van der Waals surface area contributed by atoms with Crippen molar-refractivity contribution in [3.63, 3.8) is 0 Å². The second kappa shape index (κ2) is 10.4. The van der Waals surface area contributed by atoms with Crippen molar-refractivity contribution in [2.45, 2.75) is 32.7 Å². The molecule has 0 spiro atoms. The number of hydrogen-bond donors (Lipinski definition) is 1. The van der Waals surface area contributed by atoms with Gasteiger partial charge in [-0.05, 0) is 64.9 Å². The number of nitrogens with one attached hydrogen (secondary N) is 1. The van der Waals surface area contributed by atoms with Gasteiger partial charge in [-0.15, -0.1) is 11.3 Å². The molecule has 1 atom stereocenters. The molecule has 5 rings (SSSR count). The van der Waals surface area contributed by atoms with Crippen LogP contribution < -0.4 is 10.1 Å². The molecule has 1 amide bonds. The van der Waals surface area contributed by atoms with Crippen LogP contribution in [0.1, 0.15) is 42.3 Å². The highest BCUT2D eigenvalue weighted by atomic mass is 35.5. The first-order valence-corrected chi connectivity index (χ1v) is 12.6. The number of hydrogen-bond acceptors (Lipinski definition) is 4. The first kappa shape index (κ1) is 23.4. The fraction of sp³-hybridized carbons (Fsp3) is 0.296. The van der Waals surface area contributed by atoms with E-state index in [1.807, 2.05) is 66.6 Å². The smallest absolute Gasteiger partial charge is 0.228 e. The highest BCUT2D eigenvalue weighted by Crippen LogP contribution is 2.45. The van der Waals surface area contributed by atoms with Gasteiger partial charge in [-0.2, -0.15) is 0 Å². The van der Waals surface area contributed by atoms with Crippen molar-refractivity contribution in [1.82, 2.24) is 4.90 Å². The zero-order chi connectivity index (χ0) is 23.4. The van der Waals surface area contributed by atoms with Gasteiger partial charge in [-0.25, -0.2) is 0 Å². The van der Waals surface area contributed by atoms with Crippen LogP contribution >= 0.6 is 22.9 Å². The first-order valence-electron chi connectivity index (χ1n) is 11.4. The molecule has 3 heterocycles. The lowest BCUT2D eigenvalue weighted by Crippen LogP contribution is -2.42. The first-order chi connectivity index (χ1) is 16.1. The number of benzene rings is 2. The van der Waals surface area contributed by atoms with E-state index in [1.165, 1.54) is 11.1 Å². The van der Waals surface area contributed by atoms with Crippen LogP contribution in [0.3, 0.4) is 0 Å². The van der Waals surface area contributed by atoms with Crippen LogP contribution in [0.4, 0.5) is 5.69 Å². The summed E-state index contributed by atoms with van der Waals surface area (Å²) >= 11 is 7.95. The van der Waals surface area contributed by atoms with Crippen LogP contribution in [0.15, 0.2) is 65.6 Å². The standard InChI is InChI=1S/C25H23ClN2O2S.C2H6/c1-30-18-7-4-16(5-8-18)25-22-15-27-23-9-6-17(26)13-21(23)20(22)10-11-28(25)24(29)14-19-3-2-12-31-19;1-2/h2-9,12-13,25,27H,10-11,14-15H2,1H3;1-2H3. The maximum atomic E-state index is 13.4. The van der Waals surface area contributed by atoms with E-state index in [4.69, 9.17) is 16.3 Å². The number of anilines is 1. The fourth-order valence-corrected chi connectivity index (χ4v) is 5.46. The number of fused-ring (bicyclic) bond motifs is 2. The van der Waals surface area contributed by atoms with E-state index >= 15 is 0 Å². The summed E-state index contributed by atoms with van der Waals surface area (Å²) in [6.07, 6.45) is 1.26. The molecule has 6 heteroatoms. The van der Waals surface area contributed by atoms with E-state index in [9.17, 15) is 4.79 Å². The summed E-state index contributed by atoms with van der Waals surface area (Å²) in [6, 6.07) is 18.0. The molecular formula is C27H29ClN2O2S. The summed E-state index contributed by atoms with van der Waals surface area (Å²) in [4.78, 5) is 16.5. The van der Waals surface area contributed by atoms with Gasteiger partial charge in [0.15, 0.2) is 0 Å². The third-order valence-corrected chi connectivity index (χ3v) is 7.18. The van der Waals surface area contributed by atoms with Gasteiger partial charge in [-0.1, -0.05) is 43.6 Å². The molecule has 0 bridgehead atoms. The van der Waals surface area contributed by atoms with Crippen molar-refractivity contribution in [3.05, 3.63) is 86.6 Å². The molecule has 0 aliphatic carbocycles. The van der Waals surface area contributed by atoms with Gasteiger partial charge in [0.2, 0.25) is 5.91 Å². The highest BCUT2D eigenvalue weighted by Gasteiger charge is 2.36. The predicted molar refractivity (Wildman–Crippen MR) is 138 cm³/mol. The number of nitrogens with zero attached hydrogens (tertiary/aromatic N) is 1. The van der Waals surface area contributed by atoms with Crippen LogP contribution in [-0.4, -0.2) is 31.0 Å². The molecule has 33 heavy (non-hydrogen) atoms. The van der Waals surface area contributed by atoms with Crippen molar-refractivity contribution in [2.24, 2.45) is 0 Å². The molecule has 0 radical (unpaired) electrons. The number of thiophene rings is 1. The maximum Gasteiger partial charge on any atom is 0.228 e. The van der Waals surface area contributed by atoms with Crippen molar-refractivity contribution in [2.75, 3.05) is 25.5 Å². The van der Waals surface area contributed by atoms with E-state index in [2.05, 4.69) is 17.4 Å². The Kier molecular flexibility index (Phi) is 7.41. The Morgan fingerprint density at radius 2 is 1.97 bits per heavy atom. The third-order valence-electron chi connectivity index (χ3n) is 6.07. The number of carbonyl (C=O) groups is 1. The maximum absolute atomic E-state index is 13.4. The van der Waals surface area contributed by atoms with Crippen molar-refractivity contribution in [3.8, 4) is 5.75 Å². The van der Waals surface area contributed by atoms with Crippen LogP contribution in [0.25, 0.3) is 5.57 Å². The molecule has 3 aromatic rings. The Morgan fingerprint density at radius 1 is 1.18 bits per heavy atom. The van der Waals surface area contributed by atoms with E-state index in [-0.39, 0.29) is 11.9 Å². The van der Waals surface area contributed by atoms with E-state index in [0.29, 0.717) is 19.5 Å². The largest absolute Gasteiger partial charge is 0.497 e. The summed E-state index contributed by atoms with van der Waals surface area (Å²) in [5, 5.41) is 6.29. The second-order valence-corrected chi connectivity index (χ2v) is 9.28. The van der Waals surface area contributed by atoms with Crippen LogP contribution in [-0.2, 0) is 11.2 Å². The van der Waals surface area contributed by atoms with Crippen LogP contribution in [0, 0.1) is 0 Å². The molecule has 4 nitrogen and oxygen atoms in total. The van der Waals surface area contributed by atoms with Crippen molar-refractivity contribution >= 4 is 40.1 Å². The lowest BCUT2D eigenvalue weighted by molar-refractivity contribution is -0.132. The van der Waals surface area contributed by atoms with E-state index in [1.54, 1.807) is 18.4 Å². The number of rotatable bonds is 4. The minimum absolute atomic E-state index is 0.109. The molecule has 2 aromatic carbocycles. The fourth-order valence-electron chi connectivity index (χ4n) is 4.60. The highest BCUT2D eigenvalue weighted by molar-refractivity contribution is 7.10. The Balaban J connectivity index is 0.00000126. The monoisotopic (exact) mass is 480 g/mol. The molecular weight excluding hydrogens is 452 g/mol. The Bertz CT molecular complexity index is 1140. The average Bonchev–Trinajstić information content (AvgIpc) is 3.37. The summed E-state index contributed by atoms with van der Waals surface area (Å²) in [5.41, 5.74) is 5.90. The zero-order valence-electron chi connectivity index (χ0n) is 19.2. The number of halogens is 1. The molecule has 1 N–H and O–H groups in total. The summed E-state index contributed by atoms with van der Waals surface area (Å²) in [7, 11) is 1.67. The summed E-state index contributed by atoms with van der Waals surface area (Å²) in [6.45, 7) is 5.40. The molecule has 1 unspecified atom stereocenters. The molecule has 2 aliphatic heterocycles. The van der Waals surface area contributed by atoms with Gasteiger partial charge in [-0.3, -0.25) is 4.79 Å². The molecule has 1 aromatic heterocycles. The molecule has 0 saturated carbocycles. The van der Waals surface area contributed by atoms with Crippen molar-refractivity contribution in [1.29, 1.82) is 0 Å². The Hall–Kier alpha value is -2.76. The SMILES string of the molecule is CC.COc1ccc(C2C3=C(CCN2C(=O)Cc2cccs2)c2cc(Cl)ccc2NC3)cc1. The molecule has 0 saturated heterocycles. The summed E-state index contributed by atoms with van der Waals surface area (Å²) < 4.78 is 5.35. The number of carbonyl (C=O) groups excluding carboxylic acids is 1. The lowest BCUT2D eigenvalue weighted by atomic mass is 9.82. The van der Waals surface area contributed by atoms with Crippen molar-refractivity contribution < 1.29 is 9.53 Å². The Morgan fingerprint density at radius 3 is 2.67 bits per heavy atom. The minimum atomic E-state index is -0.109.